The summed E-state index contributed by atoms with van der Waals surface area (Å²) in [4.78, 5) is 23.1. The van der Waals surface area contributed by atoms with E-state index in [1.807, 2.05) is 34.1 Å². The highest BCUT2D eigenvalue weighted by molar-refractivity contribution is 6.30. The Hall–Kier alpha value is -2.34. The van der Waals surface area contributed by atoms with E-state index in [9.17, 15) is 9.18 Å². The zero-order valence-electron chi connectivity index (χ0n) is 15.9. The molecule has 1 aromatic heterocycles. The van der Waals surface area contributed by atoms with Gasteiger partial charge >= 0.3 is 6.03 Å². The van der Waals surface area contributed by atoms with Gasteiger partial charge in [0.1, 0.15) is 11.6 Å². The van der Waals surface area contributed by atoms with Gasteiger partial charge in [-0.15, -0.1) is 0 Å². The van der Waals surface area contributed by atoms with Crippen LogP contribution in [-0.4, -0.2) is 48.6 Å². The van der Waals surface area contributed by atoms with Crippen LogP contribution in [0.4, 0.5) is 20.7 Å². The second-order valence-corrected chi connectivity index (χ2v) is 8.25. The van der Waals surface area contributed by atoms with Gasteiger partial charge < -0.3 is 9.80 Å². The molecule has 2 aromatic rings. The van der Waals surface area contributed by atoms with Crippen molar-refractivity contribution in [3.8, 4) is 0 Å². The van der Waals surface area contributed by atoms with Gasteiger partial charge in [-0.1, -0.05) is 24.9 Å². The summed E-state index contributed by atoms with van der Waals surface area (Å²) < 4.78 is 13.0. The molecule has 2 fully saturated rings. The van der Waals surface area contributed by atoms with Crippen LogP contribution < -0.4 is 9.80 Å². The number of nitrogens with zero attached hydrogens (tertiary/aromatic N) is 4. The standard InChI is InChI=1S/C21H24ClFN4O/c1-2-3-10-27(18-7-4-16(22)5-8-18)20(28)26-14-21(15-26)12-25(13-21)19-9-6-17(23)11-24-19/h4-9,11H,2-3,10,12-15H2,1H3. The van der Waals surface area contributed by atoms with Crippen molar-refractivity contribution in [1.29, 1.82) is 0 Å². The average Bonchev–Trinajstić information content (AvgIpc) is 2.62. The normalized spacial score (nSPS) is 17.2. The van der Waals surface area contributed by atoms with E-state index in [0.717, 1.165) is 50.5 Å². The monoisotopic (exact) mass is 402 g/mol. The highest BCUT2D eigenvalue weighted by atomic mass is 35.5. The van der Waals surface area contributed by atoms with E-state index in [-0.39, 0.29) is 17.3 Å². The first-order valence-electron chi connectivity index (χ1n) is 9.68. The number of hydrogen-bond donors (Lipinski definition) is 0. The first kappa shape index (κ1) is 19.0. The highest BCUT2D eigenvalue weighted by Crippen LogP contribution is 2.42. The summed E-state index contributed by atoms with van der Waals surface area (Å²) >= 11 is 5.99. The molecule has 2 amide bonds. The summed E-state index contributed by atoms with van der Waals surface area (Å²) in [6.07, 6.45) is 3.23. The van der Waals surface area contributed by atoms with Gasteiger partial charge in [0, 0.05) is 48.8 Å². The molecule has 0 atom stereocenters. The molecular formula is C21H24ClFN4O. The smallest absolute Gasteiger partial charge is 0.324 e. The van der Waals surface area contributed by atoms with E-state index in [1.165, 1.54) is 12.3 Å². The fourth-order valence-electron chi connectivity index (χ4n) is 4.02. The molecule has 0 aliphatic carbocycles. The Bertz CT molecular complexity index is 828. The largest absolute Gasteiger partial charge is 0.355 e. The quantitative estimate of drug-likeness (QED) is 0.743. The summed E-state index contributed by atoms with van der Waals surface area (Å²) in [6.45, 7) is 6.03. The van der Waals surface area contributed by atoms with Gasteiger partial charge in [-0.3, -0.25) is 4.90 Å². The lowest BCUT2D eigenvalue weighted by molar-refractivity contribution is 0.00964. The van der Waals surface area contributed by atoms with Crippen molar-refractivity contribution in [2.45, 2.75) is 19.8 Å². The number of halogens is 2. The van der Waals surface area contributed by atoms with E-state index in [0.29, 0.717) is 11.6 Å². The minimum absolute atomic E-state index is 0.0553. The van der Waals surface area contributed by atoms with Crippen molar-refractivity contribution >= 4 is 29.1 Å². The van der Waals surface area contributed by atoms with E-state index in [4.69, 9.17) is 11.6 Å². The number of benzene rings is 1. The predicted octanol–water partition coefficient (Wildman–Crippen LogP) is 4.42. The van der Waals surface area contributed by atoms with E-state index >= 15 is 0 Å². The molecule has 2 saturated heterocycles. The Labute approximate surface area is 169 Å². The molecule has 0 radical (unpaired) electrons. The van der Waals surface area contributed by atoms with E-state index in [1.54, 1.807) is 6.07 Å². The Morgan fingerprint density at radius 1 is 1.18 bits per heavy atom. The molecule has 0 N–H and O–H groups in total. The molecule has 0 unspecified atom stereocenters. The topological polar surface area (TPSA) is 39.7 Å². The molecule has 4 rings (SSSR count). The Morgan fingerprint density at radius 3 is 2.50 bits per heavy atom. The first-order chi connectivity index (χ1) is 13.5. The fourth-order valence-corrected chi connectivity index (χ4v) is 4.15. The van der Waals surface area contributed by atoms with Crippen LogP contribution in [0, 0.1) is 11.2 Å². The number of pyridine rings is 1. The van der Waals surface area contributed by atoms with Gasteiger partial charge in [-0.2, -0.15) is 0 Å². The maximum absolute atomic E-state index is 13.1. The fraction of sp³-hybridized carbons (Fsp3) is 0.429. The number of carbonyl (C=O) groups is 1. The summed E-state index contributed by atoms with van der Waals surface area (Å²) in [5, 5.41) is 0.665. The van der Waals surface area contributed by atoms with Crippen LogP contribution in [0.1, 0.15) is 19.8 Å². The maximum Gasteiger partial charge on any atom is 0.324 e. The van der Waals surface area contributed by atoms with Crippen molar-refractivity contribution in [1.82, 2.24) is 9.88 Å². The zero-order chi connectivity index (χ0) is 19.7. The number of unbranched alkanes of at least 4 members (excludes halogenated alkanes) is 1. The maximum atomic E-state index is 13.1. The van der Waals surface area contributed by atoms with Crippen LogP contribution >= 0.6 is 11.6 Å². The molecule has 28 heavy (non-hydrogen) atoms. The molecular weight excluding hydrogens is 379 g/mol. The van der Waals surface area contributed by atoms with Gasteiger partial charge in [0.05, 0.1) is 6.20 Å². The first-order valence-corrected chi connectivity index (χ1v) is 10.1. The van der Waals surface area contributed by atoms with Crippen molar-refractivity contribution in [2.75, 3.05) is 42.5 Å². The van der Waals surface area contributed by atoms with Gasteiger partial charge in [-0.25, -0.2) is 14.2 Å². The van der Waals surface area contributed by atoms with Gasteiger partial charge in [0.2, 0.25) is 0 Å². The van der Waals surface area contributed by atoms with Crippen LogP contribution in [0.15, 0.2) is 42.6 Å². The second kappa shape index (κ2) is 7.59. The van der Waals surface area contributed by atoms with Crippen LogP contribution in [0.3, 0.4) is 0 Å². The summed E-state index contributed by atoms with van der Waals surface area (Å²) in [7, 11) is 0. The molecule has 5 nitrogen and oxygen atoms in total. The number of rotatable bonds is 5. The van der Waals surface area contributed by atoms with Crippen LogP contribution in [0.25, 0.3) is 0 Å². The molecule has 0 saturated carbocycles. The molecule has 7 heteroatoms. The molecule has 148 valence electrons. The summed E-state index contributed by atoms with van der Waals surface area (Å²) in [5.74, 6) is 0.469. The second-order valence-electron chi connectivity index (χ2n) is 7.81. The van der Waals surface area contributed by atoms with Crippen molar-refractivity contribution < 1.29 is 9.18 Å². The Morgan fingerprint density at radius 2 is 1.89 bits per heavy atom. The molecule has 0 bridgehead atoms. The third kappa shape index (κ3) is 3.65. The third-order valence-corrected chi connectivity index (χ3v) is 5.77. The number of hydrogen-bond acceptors (Lipinski definition) is 3. The number of likely N-dealkylation sites (tertiary alicyclic amines) is 1. The molecule has 1 spiro atoms. The highest BCUT2D eigenvalue weighted by Gasteiger charge is 2.54. The lowest BCUT2D eigenvalue weighted by Crippen LogP contribution is -2.74. The number of urea groups is 1. The molecule has 2 aliphatic rings. The van der Waals surface area contributed by atoms with Crippen LogP contribution in [0.2, 0.25) is 5.02 Å². The third-order valence-electron chi connectivity index (χ3n) is 5.52. The van der Waals surface area contributed by atoms with Gasteiger partial charge in [0.15, 0.2) is 0 Å². The minimum atomic E-state index is -0.325. The number of carbonyl (C=O) groups excluding carboxylic acids is 1. The lowest BCUT2D eigenvalue weighted by Gasteiger charge is -2.60. The molecule has 3 heterocycles. The van der Waals surface area contributed by atoms with Crippen molar-refractivity contribution in [3.63, 3.8) is 0 Å². The minimum Gasteiger partial charge on any atom is -0.355 e. The van der Waals surface area contributed by atoms with Crippen molar-refractivity contribution in [3.05, 3.63) is 53.4 Å². The van der Waals surface area contributed by atoms with Crippen LogP contribution in [-0.2, 0) is 0 Å². The van der Waals surface area contributed by atoms with E-state index in [2.05, 4.69) is 16.8 Å². The Balaban J connectivity index is 1.36. The summed E-state index contributed by atoms with van der Waals surface area (Å²) in [5.41, 5.74) is 1.02. The predicted molar refractivity (Wildman–Crippen MR) is 110 cm³/mol. The zero-order valence-corrected chi connectivity index (χ0v) is 16.7. The Kier molecular flexibility index (Phi) is 5.15. The summed E-state index contributed by atoms with van der Waals surface area (Å²) in [6, 6.07) is 10.6. The lowest BCUT2D eigenvalue weighted by atomic mass is 9.73. The van der Waals surface area contributed by atoms with Crippen LogP contribution in [0.5, 0.6) is 0 Å². The number of amides is 2. The number of aromatic nitrogens is 1. The molecule has 2 aliphatic heterocycles. The average molecular weight is 403 g/mol. The molecule has 1 aromatic carbocycles. The SMILES string of the molecule is CCCCN(C(=O)N1CC2(C1)CN(c1ccc(F)cn1)C2)c1ccc(Cl)cc1. The van der Waals surface area contributed by atoms with Crippen molar-refractivity contribution in [2.24, 2.45) is 5.41 Å². The van der Waals surface area contributed by atoms with E-state index < -0.39 is 0 Å². The number of anilines is 2. The van der Waals surface area contributed by atoms with Gasteiger partial charge in [0.25, 0.3) is 0 Å². The van der Waals surface area contributed by atoms with Gasteiger partial charge in [-0.05, 0) is 42.8 Å².